The molecule has 0 bridgehead atoms. The van der Waals surface area contributed by atoms with E-state index in [2.05, 4.69) is 60.7 Å². The summed E-state index contributed by atoms with van der Waals surface area (Å²) in [5, 5.41) is 0. The van der Waals surface area contributed by atoms with Crippen LogP contribution in [-0.2, 0) is 6.42 Å². The Labute approximate surface area is 110 Å². The van der Waals surface area contributed by atoms with Gasteiger partial charge in [-0.15, -0.1) is 0 Å². The molecule has 0 aliphatic carbocycles. The summed E-state index contributed by atoms with van der Waals surface area (Å²) in [7, 11) is 2.50. The minimum absolute atomic E-state index is 1.03. The maximum atomic E-state index is 5.75. The molecule has 0 amide bonds. The van der Waals surface area contributed by atoms with E-state index >= 15 is 0 Å². The van der Waals surface area contributed by atoms with Crippen molar-refractivity contribution in [3.63, 3.8) is 0 Å². The Morgan fingerprint density at radius 1 is 0.706 bits per heavy atom. The lowest BCUT2D eigenvalue weighted by molar-refractivity contribution is 1.19. The van der Waals surface area contributed by atoms with Crippen molar-refractivity contribution in [3.05, 3.63) is 71.8 Å². The summed E-state index contributed by atoms with van der Waals surface area (Å²) in [6.07, 6.45) is 1.03. The molecule has 0 aliphatic rings. The molecule has 0 unspecified atom stereocenters. The maximum Gasteiger partial charge on any atom is 0.0194 e. The van der Waals surface area contributed by atoms with E-state index in [1.165, 1.54) is 25.9 Å². The lowest BCUT2D eigenvalue weighted by Crippen LogP contribution is -1.85. The van der Waals surface area contributed by atoms with Crippen LogP contribution in [0.1, 0.15) is 42.5 Å². The van der Waals surface area contributed by atoms with Crippen molar-refractivity contribution >= 4 is 0 Å². The summed E-state index contributed by atoms with van der Waals surface area (Å²) in [4.78, 5) is 0. The first kappa shape index (κ1) is 13.5. The third kappa shape index (κ3) is 6.57. The Morgan fingerprint density at radius 3 is 1.29 bits per heavy atom. The predicted molar refractivity (Wildman–Crippen MR) is 80.5 cm³/mol. The number of rotatable bonds is 2. The third-order valence-corrected chi connectivity index (χ3v) is 2.09. The van der Waals surface area contributed by atoms with Gasteiger partial charge in [0, 0.05) is 2.74 Å². The highest BCUT2D eigenvalue weighted by atomic mass is 14.0. The van der Waals surface area contributed by atoms with Crippen molar-refractivity contribution in [1.29, 1.82) is 0 Å². The van der Waals surface area contributed by atoms with Crippen LogP contribution in [0.2, 0.25) is 0 Å². The first-order valence-corrected chi connectivity index (χ1v) is 5.53. The average Bonchev–Trinajstić information content (AvgIpc) is 2.55. The fraction of sp³-hybridized carbons (Fsp3) is 0.294. The highest BCUT2D eigenvalue weighted by Gasteiger charge is 1.92. The normalized spacial score (nSPS) is 8.71. The van der Waals surface area contributed by atoms with Gasteiger partial charge in [0.1, 0.15) is 0 Å². The first-order chi connectivity index (χ1) is 9.45. The van der Waals surface area contributed by atoms with Crippen LogP contribution >= 0.6 is 0 Å². The van der Waals surface area contributed by atoms with Crippen LogP contribution in [0.15, 0.2) is 60.7 Å². The summed E-state index contributed by atoms with van der Waals surface area (Å²) in [5.74, 6) is 0. The van der Waals surface area contributed by atoms with Gasteiger partial charge in [-0.3, -0.25) is 0 Å². The Hall–Kier alpha value is -1.56. The minimum atomic E-state index is 1.03. The van der Waals surface area contributed by atoms with Crippen molar-refractivity contribution < 1.29 is 2.74 Å². The van der Waals surface area contributed by atoms with Crippen LogP contribution in [0.4, 0.5) is 0 Å². The first-order valence-electron chi connectivity index (χ1n) is 7.53. The van der Waals surface area contributed by atoms with Crippen LogP contribution in [0.25, 0.3) is 0 Å². The quantitative estimate of drug-likeness (QED) is 0.636. The van der Waals surface area contributed by atoms with E-state index < -0.39 is 0 Å². The molecule has 0 saturated carbocycles. The molecular weight excluding hydrogens is 204 g/mol. The average molecular weight is 234 g/mol. The summed E-state index contributed by atoms with van der Waals surface area (Å²) in [5.41, 5.74) is 2.74. The predicted octanol–water partition coefficient (Wildman–Crippen LogP) is 5.58. The molecule has 0 fully saturated rings. The fourth-order valence-corrected chi connectivity index (χ4v) is 1.43. The number of hydrogen-bond acceptors (Lipinski definition) is 0. The lowest BCUT2D eigenvalue weighted by atomic mass is 10.1. The SMILES string of the molecule is CC.[3H]C.[3H]C.c1ccc(Cc2ccccc2)cc1. The van der Waals surface area contributed by atoms with Gasteiger partial charge in [0.05, 0.1) is 0 Å². The zero-order chi connectivity index (χ0) is 14.9. The summed E-state index contributed by atoms with van der Waals surface area (Å²) >= 11 is 0. The van der Waals surface area contributed by atoms with E-state index in [1.54, 1.807) is 0 Å². The monoisotopic (exact) mass is 234 g/mol. The van der Waals surface area contributed by atoms with Crippen LogP contribution in [0.5, 0.6) is 0 Å². The van der Waals surface area contributed by atoms with E-state index in [-0.39, 0.29) is 0 Å². The van der Waals surface area contributed by atoms with E-state index in [1.807, 2.05) is 13.8 Å². The molecule has 0 N–H and O–H groups in total. The highest BCUT2D eigenvalue weighted by molar-refractivity contribution is 5.25. The van der Waals surface area contributed by atoms with Gasteiger partial charge in [0.25, 0.3) is 0 Å². The van der Waals surface area contributed by atoms with Gasteiger partial charge in [0.2, 0.25) is 0 Å². The molecule has 17 heavy (non-hydrogen) atoms. The Balaban J connectivity index is 0. The molecule has 0 nitrogen and oxygen atoms in total. The molecule has 0 saturated heterocycles. The van der Waals surface area contributed by atoms with Crippen molar-refractivity contribution in [2.45, 2.75) is 35.1 Å². The van der Waals surface area contributed by atoms with E-state index in [0.29, 0.717) is 0 Å². The van der Waals surface area contributed by atoms with Gasteiger partial charge < -0.3 is 0 Å². The van der Waals surface area contributed by atoms with Crippen molar-refractivity contribution in [1.82, 2.24) is 0 Å². The molecule has 94 valence electrons. The maximum absolute atomic E-state index is 5.75. The van der Waals surface area contributed by atoms with Gasteiger partial charge in [0.15, 0.2) is 0 Å². The molecule has 2 rings (SSSR count). The van der Waals surface area contributed by atoms with Crippen molar-refractivity contribution in [3.8, 4) is 0 Å². The number of hydrogen-bond donors (Lipinski definition) is 0. The largest absolute Gasteiger partial charge is 0.0776 e. The summed E-state index contributed by atoms with van der Waals surface area (Å²) in [6.45, 7) is 4.00. The lowest BCUT2D eigenvalue weighted by Gasteiger charge is -2.00. The van der Waals surface area contributed by atoms with Crippen molar-refractivity contribution in [2.75, 3.05) is 0 Å². The van der Waals surface area contributed by atoms with Gasteiger partial charge in [-0.2, -0.15) is 0 Å². The molecule has 0 heterocycles. The molecule has 2 aromatic carbocycles. The topological polar surface area (TPSA) is 0 Å². The molecule has 0 aliphatic heterocycles. The van der Waals surface area contributed by atoms with Gasteiger partial charge in [-0.25, -0.2) is 0 Å². The van der Waals surface area contributed by atoms with Gasteiger partial charge in [-0.05, 0) is 17.5 Å². The second-order valence-corrected chi connectivity index (χ2v) is 3.15. The Kier molecular flexibility index (Phi) is 8.69. The number of benzene rings is 2. The molecule has 0 radical (unpaired) electrons. The van der Waals surface area contributed by atoms with Crippen LogP contribution < -0.4 is 0 Å². The molecule has 2 aromatic rings. The van der Waals surface area contributed by atoms with E-state index in [9.17, 15) is 0 Å². The molecule has 0 atom stereocenters. The van der Waals surface area contributed by atoms with Gasteiger partial charge in [-0.1, -0.05) is 89.3 Å². The molecular formula is C17H26. The van der Waals surface area contributed by atoms with Crippen LogP contribution in [0.3, 0.4) is 0 Å². The second kappa shape index (κ2) is 10.9. The van der Waals surface area contributed by atoms with E-state index in [4.69, 9.17) is 2.74 Å². The minimum Gasteiger partial charge on any atom is -0.0776 e. The van der Waals surface area contributed by atoms with Crippen LogP contribution in [0, 0.1) is 0 Å². The van der Waals surface area contributed by atoms with Crippen LogP contribution in [-0.4, -0.2) is 0 Å². The fourth-order valence-electron chi connectivity index (χ4n) is 1.43. The Bertz CT molecular complexity index is 320. The summed E-state index contributed by atoms with van der Waals surface area (Å²) < 4.78 is 11.5. The second-order valence-electron chi connectivity index (χ2n) is 3.15. The summed E-state index contributed by atoms with van der Waals surface area (Å²) in [6, 6.07) is 21.1. The third-order valence-electron chi connectivity index (χ3n) is 2.09. The molecule has 0 aromatic heterocycles. The van der Waals surface area contributed by atoms with Crippen molar-refractivity contribution in [2.24, 2.45) is 0 Å². The zero-order valence-electron chi connectivity index (χ0n) is 13.5. The highest BCUT2D eigenvalue weighted by Crippen LogP contribution is 2.07. The van der Waals surface area contributed by atoms with Gasteiger partial charge >= 0.3 is 0 Å². The molecule has 0 spiro atoms. The Morgan fingerprint density at radius 2 is 1.00 bits per heavy atom. The standard InChI is InChI=1S/C13H12.C2H6.2CH4/c1-3-7-12(8-4-1)11-13-9-5-2-6-10-13;1-2;;/h1-10H,11H2;1-2H3;2*1H4/i;;2*1T. The molecule has 0 heteroatoms. The smallest absolute Gasteiger partial charge is 0.0194 e. The van der Waals surface area contributed by atoms with E-state index in [0.717, 1.165) is 6.42 Å². The zero-order valence-corrected chi connectivity index (χ0v) is 11.5.